The number of fused-ring (bicyclic) bond motifs is 1. The van der Waals surface area contributed by atoms with Crippen LogP contribution in [0.1, 0.15) is 17.0 Å². The van der Waals surface area contributed by atoms with Crippen molar-refractivity contribution in [3.8, 4) is 0 Å². The van der Waals surface area contributed by atoms with Gasteiger partial charge in [0, 0.05) is 5.92 Å². The fourth-order valence-electron chi connectivity index (χ4n) is 1.64. The molecular formula is C10H9O2P. The van der Waals surface area contributed by atoms with Crippen molar-refractivity contribution in [1.82, 2.24) is 0 Å². The molecule has 0 aliphatic heterocycles. The van der Waals surface area contributed by atoms with E-state index in [-0.39, 0.29) is 12.1 Å². The van der Waals surface area contributed by atoms with Crippen LogP contribution in [0.3, 0.4) is 0 Å². The summed E-state index contributed by atoms with van der Waals surface area (Å²) in [6.07, 6.45) is 4.16. The van der Waals surface area contributed by atoms with Gasteiger partial charge in [-0.1, -0.05) is 41.0 Å². The van der Waals surface area contributed by atoms with Crippen molar-refractivity contribution >= 4 is 14.1 Å². The molecule has 0 spiro atoms. The Morgan fingerprint density at radius 2 is 2.15 bits per heavy atom. The molecule has 2 unspecified atom stereocenters. The molecule has 2 atom stereocenters. The first-order chi connectivity index (χ1) is 6.27. The first-order valence-electron chi connectivity index (χ1n) is 4.16. The molecule has 1 aromatic rings. The van der Waals surface area contributed by atoms with Crippen LogP contribution in [0, 0.1) is 0 Å². The van der Waals surface area contributed by atoms with Crippen LogP contribution < -0.4 is 4.89 Å². The molecule has 2 nitrogen and oxygen atoms in total. The van der Waals surface area contributed by atoms with Gasteiger partial charge >= 0.3 is 8.03 Å². The molecule has 0 saturated carbocycles. The zero-order chi connectivity index (χ0) is 9.26. The van der Waals surface area contributed by atoms with E-state index in [9.17, 15) is 9.46 Å². The van der Waals surface area contributed by atoms with Gasteiger partial charge in [0.1, 0.15) is 0 Å². The molecule has 0 saturated heterocycles. The summed E-state index contributed by atoms with van der Waals surface area (Å²) in [5.74, 6) is 0.0670. The second-order valence-electron chi connectivity index (χ2n) is 3.11. The van der Waals surface area contributed by atoms with Gasteiger partial charge in [-0.25, -0.2) is 0 Å². The molecule has 1 aromatic carbocycles. The molecule has 66 valence electrons. The number of allylic oxidation sites excluding steroid dienone is 1. The fraction of sp³-hybridized carbons (Fsp3) is 0.200. The minimum absolute atomic E-state index is 0.0670. The summed E-state index contributed by atoms with van der Waals surface area (Å²) in [7, 11) is -2.29. The lowest BCUT2D eigenvalue weighted by Crippen LogP contribution is -2.00. The third kappa shape index (κ3) is 1.69. The fourth-order valence-corrected chi connectivity index (χ4v) is 2.28. The molecule has 2 rings (SSSR count). The van der Waals surface area contributed by atoms with Gasteiger partial charge in [-0.05, 0) is 11.1 Å². The van der Waals surface area contributed by atoms with Crippen LogP contribution in [-0.2, 0) is 4.57 Å². The summed E-state index contributed by atoms with van der Waals surface area (Å²) >= 11 is 0. The quantitative estimate of drug-likeness (QED) is 0.671. The van der Waals surface area contributed by atoms with Gasteiger partial charge in [0.05, 0.1) is 0 Å². The SMILES string of the molecule is O=[P+]([O-])CC1C=Cc2ccccc21. The van der Waals surface area contributed by atoms with E-state index in [0.717, 1.165) is 11.1 Å². The zero-order valence-corrected chi connectivity index (χ0v) is 7.91. The summed E-state index contributed by atoms with van der Waals surface area (Å²) in [6, 6.07) is 7.89. The van der Waals surface area contributed by atoms with Gasteiger partial charge < -0.3 is 4.89 Å². The van der Waals surface area contributed by atoms with E-state index in [1.54, 1.807) is 0 Å². The predicted octanol–water partition coefficient (Wildman–Crippen LogP) is 1.90. The van der Waals surface area contributed by atoms with E-state index >= 15 is 0 Å². The Kier molecular flexibility index (Phi) is 2.26. The number of hydrogen-bond donors (Lipinski definition) is 0. The highest BCUT2D eigenvalue weighted by Crippen LogP contribution is 2.33. The minimum atomic E-state index is -2.29. The Morgan fingerprint density at radius 3 is 2.92 bits per heavy atom. The van der Waals surface area contributed by atoms with E-state index in [1.807, 2.05) is 36.4 Å². The lowest BCUT2D eigenvalue weighted by Gasteiger charge is -2.04. The standard InChI is InChI=1S/C10H9O2P/c11-13(12)7-9-6-5-8-3-1-2-4-10(8)9/h1-6,9H,7H2. The van der Waals surface area contributed by atoms with Crippen LogP contribution in [0.25, 0.3) is 6.08 Å². The first-order valence-corrected chi connectivity index (χ1v) is 5.52. The van der Waals surface area contributed by atoms with Crippen LogP contribution in [0.2, 0.25) is 0 Å². The monoisotopic (exact) mass is 192 g/mol. The summed E-state index contributed by atoms with van der Waals surface area (Å²) < 4.78 is 10.6. The van der Waals surface area contributed by atoms with E-state index < -0.39 is 8.03 Å². The summed E-state index contributed by atoms with van der Waals surface area (Å²) in [4.78, 5) is 10.6. The Morgan fingerprint density at radius 1 is 1.38 bits per heavy atom. The Balaban J connectivity index is 2.28. The van der Waals surface area contributed by atoms with Gasteiger partial charge in [0.25, 0.3) is 0 Å². The number of hydrogen-bond acceptors (Lipinski definition) is 2. The first kappa shape index (κ1) is 8.61. The highest BCUT2D eigenvalue weighted by Gasteiger charge is 2.21. The molecule has 0 amide bonds. The van der Waals surface area contributed by atoms with Crippen molar-refractivity contribution in [2.75, 3.05) is 6.16 Å². The molecule has 0 N–H and O–H groups in total. The summed E-state index contributed by atoms with van der Waals surface area (Å²) in [5, 5.41) is 0. The maximum absolute atomic E-state index is 10.6. The van der Waals surface area contributed by atoms with Crippen LogP contribution >= 0.6 is 8.03 Å². The smallest absolute Gasteiger partial charge is 0.309 e. The lowest BCUT2D eigenvalue weighted by atomic mass is 10.0. The van der Waals surface area contributed by atoms with Gasteiger partial charge in [-0.3, -0.25) is 0 Å². The largest absolute Gasteiger partial charge is 0.596 e. The third-order valence-corrected chi connectivity index (χ3v) is 2.94. The molecule has 0 fully saturated rings. The topological polar surface area (TPSA) is 40.1 Å². The second-order valence-corrected chi connectivity index (χ2v) is 4.14. The molecule has 0 heterocycles. The van der Waals surface area contributed by atoms with Gasteiger partial charge in [0.2, 0.25) is 0 Å². The summed E-state index contributed by atoms with van der Waals surface area (Å²) in [5.41, 5.74) is 2.27. The zero-order valence-electron chi connectivity index (χ0n) is 7.01. The highest BCUT2D eigenvalue weighted by atomic mass is 31.1. The van der Waals surface area contributed by atoms with E-state index in [0.29, 0.717) is 0 Å². The van der Waals surface area contributed by atoms with Crippen molar-refractivity contribution in [2.45, 2.75) is 5.92 Å². The molecule has 1 aliphatic carbocycles. The van der Waals surface area contributed by atoms with Gasteiger partial charge in [0.15, 0.2) is 6.16 Å². The van der Waals surface area contributed by atoms with E-state index in [1.165, 1.54) is 0 Å². The third-order valence-electron chi connectivity index (χ3n) is 2.25. The van der Waals surface area contributed by atoms with E-state index in [2.05, 4.69) is 0 Å². The van der Waals surface area contributed by atoms with Crippen molar-refractivity contribution in [1.29, 1.82) is 0 Å². The molecule has 0 radical (unpaired) electrons. The average Bonchev–Trinajstić information content (AvgIpc) is 2.48. The highest BCUT2D eigenvalue weighted by molar-refractivity contribution is 7.36. The maximum atomic E-state index is 10.6. The number of benzene rings is 1. The summed E-state index contributed by atoms with van der Waals surface area (Å²) in [6.45, 7) is 0. The lowest BCUT2D eigenvalue weighted by molar-refractivity contribution is -0.164. The Bertz CT molecular complexity index is 371. The van der Waals surface area contributed by atoms with Crippen molar-refractivity contribution in [3.05, 3.63) is 41.5 Å². The molecule has 0 aromatic heterocycles. The van der Waals surface area contributed by atoms with E-state index in [4.69, 9.17) is 0 Å². The molecule has 3 heteroatoms. The van der Waals surface area contributed by atoms with Crippen LogP contribution in [0.4, 0.5) is 0 Å². The van der Waals surface area contributed by atoms with Crippen LogP contribution in [-0.4, -0.2) is 6.16 Å². The second kappa shape index (κ2) is 3.41. The molecule has 0 bridgehead atoms. The Hall–Kier alpha value is -0.980. The van der Waals surface area contributed by atoms with Gasteiger partial charge in [-0.2, -0.15) is 0 Å². The van der Waals surface area contributed by atoms with Crippen LogP contribution in [0.15, 0.2) is 30.3 Å². The Labute approximate surface area is 77.8 Å². The minimum Gasteiger partial charge on any atom is -0.596 e. The normalized spacial score (nSPS) is 20.1. The van der Waals surface area contributed by atoms with Crippen molar-refractivity contribution in [2.24, 2.45) is 0 Å². The van der Waals surface area contributed by atoms with Crippen LogP contribution in [0.5, 0.6) is 0 Å². The van der Waals surface area contributed by atoms with Gasteiger partial charge in [-0.15, -0.1) is 0 Å². The molecular weight excluding hydrogens is 183 g/mol. The maximum Gasteiger partial charge on any atom is 0.309 e. The number of rotatable bonds is 2. The molecule has 13 heavy (non-hydrogen) atoms. The predicted molar refractivity (Wildman–Crippen MR) is 50.7 cm³/mol. The molecule has 1 aliphatic rings. The van der Waals surface area contributed by atoms with Crippen molar-refractivity contribution in [3.63, 3.8) is 0 Å². The van der Waals surface area contributed by atoms with Crippen molar-refractivity contribution < 1.29 is 9.46 Å². The average molecular weight is 192 g/mol.